The Kier molecular flexibility index (Phi) is 8.60. The zero-order valence-corrected chi connectivity index (χ0v) is 17.3. The Morgan fingerprint density at radius 2 is 1.96 bits per heavy atom. The van der Waals surface area contributed by atoms with Gasteiger partial charge in [0.15, 0.2) is 0 Å². The molecule has 0 unspecified atom stereocenters. The van der Waals surface area contributed by atoms with Crippen LogP contribution >= 0.6 is 11.8 Å². The molecule has 3 N–H and O–H groups in total. The van der Waals surface area contributed by atoms with Crippen LogP contribution in [-0.4, -0.2) is 57.0 Å². The molecule has 1 aliphatic rings. The van der Waals surface area contributed by atoms with Crippen molar-refractivity contribution < 1.29 is 14.3 Å². The fraction of sp³-hybridized carbons (Fsp3) is 0.600. The van der Waals surface area contributed by atoms with Crippen molar-refractivity contribution >= 4 is 23.6 Å². The SMILES string of the molecule is COCC1(CNC(=O)c2ccccc2SCC(=O)NC(C)C)CCNCC1. The molecule has 0 bridgehead atoms. The van der Waals surface area contributed by atoms with Crippen LogP contribution in [0.2, 0.25) is 0 Å². The fourth-order valence-corrected chi connectivity index (χ4v) is 4.15. The van der Waals surface area contributed by atoms with Gasteiger partial charge in [0.05, 0.1) is 17.9 Å². The van der Waals surface area contributed by atoms with Crippen molar-refractivity contribution in [1.82, 2.24) is 16.0 Å². The summed E-state index contributed by atoms with van der Waals surface area (Å²) in [7, 11) is 1.71. The molecule has 1 aromatic rings. The molecule has 1 saturated heterocycles. The largest absolute Gasteiger partial charge is 0.384 e. The highest BCUT2D eigenvalue weighted by Gasteiger charge is 2.32. The Bertz CT molecular complexity index is 625. The molecule has 0 aromatic heterocycles. The number of benzene rings is 1. The summed E-state index contributed by atoms with van der Waals surface area (Å²) >= 11 is 1.39. The number of methoxy groups -OCH3 is 1. The number of hydrogen-bond acceptors (Lipinski definition) is 5. The van der Waals surface area contributed by atoms with E-state index in [-0.39, 0.29) is 23.3 Å². The number of piperidine rings is 1. The maximum absolute atomic E-state index is 12.8. The number of carbonyl (C=O) groups excluding carboxylic acids is 2. The lowest BCUT2D eigenvalue weighted by Gasteiger charge is -2.37. The summed E-state index contributed by atoms with van der Waals surface area (Å²) in [5, 5.41) is 9.32. The number of hydrogen-bond donors (Lipinski definition) is 3. The Balaban J connectivity index is 1.98. The van der Waals surface area contributed by atoms with E-state index in [0.29, 0.717) is 24.5 Å². The molecule has 0 saturated carbocycles. The summed E-state index contributed by atoms with van der Waals surface area (Å²) in [6, 6.07) is 7.54. The first-order valence-electron chi connectivity index (χ1n) is 9.45. The standard InChI is InChI=1S/C20H31N3O3S/c1-15(2)23-18(24)12-27-17-7-5-4-6-16(17)19(25)22-13-20(14-26-3)8-10-21-11-9-20/h4-7,15,21H,8-14H2,1-3H3,(H,22,25)(H,23,24). The molecule has 2 rings (SSSR count). The van der Waals surface area contributed by atoms with E-state index in [2.05, 4.69) is 16.0 Å². The zero-order valence-electron chi connectivity index (χ0n) is 16.5. The van der Waals surface area contributed by atoms with Gasteiger partial charge in [0, 0.05) is 30.0 Å². The molecule has 0 aliphatic carbocycles. The van der Waals surface area contributed by atoms with Gasteiger partial charge in [-0.15, -0.1) is 11.8 Å². The smallest absolute Gasteiger partial charge is 0.252 e. The van der Waals surface area contributed by atoms with Crippen LogP contribution in [0.1, 0.15) is 37.0 Å². The van der Waals surface area contributed by atoms with Crippen LogP contribution in [0.5, 0.6) is 0 Å². The molecule has 150 valence electrons. The third-order valence-electron chi connectivity index (χ3n) is 4.68. The second-order valence-corrected chi connectivity index (χ2v) is 8.39. The highest BCUT2D eigenvalue weighted by molar-refractivity contribution is 8.00. The van der Waals surface area contributed by atoms with Crippen molar-refractivity contribution in [2.75, 3.05) is 39.1 Å². The van der Waals surface area contributed by atoms with Crippen molar-refractivity contribution in [3.05, 3.63) is 29.8 Å². The summed E-state index contributed by atoms with van der Waals surface area (Å²) in [6.07, 6.45) is 1.96. The zero-order chi connectivity index (χ0) is 19.7. The Morgan fingerprint density at radius 3 is 2.63 bits per heavy atom. The molecule has 0 radical (unpaired) electrons. The molecule has 7 heteroatoms. The van der Waals surface area contributed by atoms with Crippen LogP contribution in [0.3, 0.4) is 0 Å². The summed E-state index contributed by atoms with van der Waals surface area (Å²) in [5.74, 6) is 0.164. The molecular weight excluding hydrogens is 362 g/mol. The van der Waals surface area contributed by atoms with Gasteiger partial charge in [0.25, 0.3) is 5.91 Å². The summed E-state index contributed by atoms with van der Waals surface area (Å²) in [4.78, 5) is 25.5. The predicted octanol–water partition coefficient (Wildman–Crippen LogP) is 2.05. The summed E-state index contributed by atoms with van der Waals surface area (Å²) in [5.41, 5.74) is 0.593. The first-order valence-corrected chi connectivity index (χ1v) is 10.4. The molecule has 0 atom stereocenters. The van der Waals surface area contributed by atoms with Crippen molar-refractivity contribution in [1.29, 1.82) is 0 Å². The molecule has 6 nitrogen and oxygen atoms in total. The lowest BCUT2D eigenvalue weighted by Crippen LogP contribution is -2.47. The average Bonchev–Trinajstić information content (AvgIpc) is 2.65. The van der Waals surface area contributed by atoms with E-state index in [9.17, 15) is 9.59 Å². The minimum Gasteiger partial charge on any atom is -0.384 e. The van der Waals surface area contributed by atoms with Crippen LogP contribution in [-0.2, 0) is 9.53 Å². The van der Waals surface area contributed by atoms with Gasteiger partial charge in [-0.2, -0.15) is 0 Å². The lowest BCUT2D eigenvalue weighted by atomic mass is 9.79. The van der Waals surface area contributed by atoms with Crippen LogP contribution in [0.15, 0.2) is 29.2 Å². The fourth-order valence-electron chi connectivity index (χ4n) is 3.29. The third kappa shape index (κ3) is 6.83. The Morgan fingerprint density at radius 1 is 1.26 bits per heavy atom. The van der Waals surface area contributed by atoms with E-state index in [1.54, 1.807) is 7.11 Å². The molecule has 1 fully saturated rings. The van der Waals surface area contributed by atoms with Gasteiger partial charge in [0.2, 0.25) is 5.91 Å². The van der Waals surface area contributed by atoms with Crippen molar-refractivity contribution in [2.45, 2.75) is 37.6 Å². The molecule has 27 heavy (non-hydrogen) atoms. The van der Waals surface area contributed by atoms with Gasteiger partial charge >= 0.3 is 0 Å². The van der Waals surface area contributed by atoms with Gasteiger partial charge in [-0.05, 0) is 51.9 Å². The van der Waals surface area contributed by atoms with Crippen LogP contribution in [0.4, 0.5) is 0 Å². The molecule has 1 heterocycles. The monoisotopic (exact) mass is 393 g/mol. The van der Waals surface area contributed by atoms with Gasteiger partial charge in [-0.3, -0.25) is 9.59 Å². The van der Waals surface area contributed by atoms with Crippen LogP contribution in [0, 0.1) is 5.41 Å². The highest BCUT2D eigenvalue weighted by atomic mass is 32.2. The third-order valence-corrected chi connectivity index (χ3v) is 5.75. The second-order valence-electron chi connectivity index (χ2n) is 7.37. The number of ether oxygens (including phenoxy) is 1. The van der Waals surface area contributed by atoms with E-state index < -0.39 is 0 Å². The first-order chi connectivity index (χ1) is 13.0. The topological polar surface area (TPSA) is 79.5 Å². The number of nitrogens with one attached hydrogen (secondary N) is 3. The van der Waals surface area contributed by atoms with Gasteiger partial charge in [-0.25, -0.2) is 0 Å². The second kappa shape index (κ2) is 10.7. The number of carbonyl (C=O) groups is 2. The number of thioether (sulfide) groups is 1. The summed E-state index contributed by atoms with van der Waals surface area (Å²) < 4.78 is 5.42. The normalized spacial score (nSPS) is 16.1. The minimum atomic E-state index is -0.101. The average molecular weight is 394 g/mol. The van der Waals surface area contributed by atoms with E-state index in [4.69, 9.17) is 4.74 Å². The maximum Gasteiger partial charge on any atom is 0.252 e. The van der Waals surface area contributed by atoms with Crippen LogP contribution in [0.25, 0.3) is 0 Å². The molecule has 1 aliphatic heterocycles. The quantitative estimate of drug-likeness (QED) is 0.560. The van der Waals surface area contributed by atoms with Crippen molar-refractivity contribution in [2.24, 2.45) is 5.41 Å². The van der Waals surface area contributed by atoms with Gasteiger partial charge in [0.1, 0.15) is 0 Å². The Hall–Kier alpha value is -1.57. The first kappa shape index (κ1) is 21.7. The maximum atomic E-state index is 12.8. The molecule has 0 spiro atoms. The predicted molar refractivity (Wildman–Crippen MR) is 109 cm³/mol. The van der Waals surface area contributed by atoms with E-state index in [1.165, 1.54) is 11.8 Å². The van der Waals surface area contributed by atoms with Gasteiger partial charge < -0.3 is 20.7 Å². The minimum absolute atomic E-state index is 0.0190. The Labute approximate surface area is 166 Å². The van der Waals surface area contributed by atoms with Crippen LogP contribution < -0.4 is 16.0 Å². The van der Waals surface area contributed by atoms with E-state index in [0.717, 1.165) is 30.8 Å². The highest BCUT2D eigenvalue weighted by Crippen LogP contribution is 2.29. The molecule has 1 aromatic carbocycles. The molecule has 2 amide bonds. The number of rotatable bonds is 9. The number of amides is 2. The summed E-state index contributed by atoms with van der Waals surface area (Å²) in [6.45, 7) is 6.98. The van der Waals surface area contributed by atoms with E-state index in [1.807, 2.05) is 38.1 Å². The van der Waals surface area contributed by atoms with Crippen molar-refractivity contribution in [3.8, 4) is 0 Å². The van der Waals surface area contributed by atoms with Gasteiger partial charge in [-0.1, -0.05) is 12.1 Å². The lowest BCUT2D eigenvalue weighted by molar-refractivity contribution is -0.119. The molecular formula is C20H31N3O3S. The van der Waals surface area contributed by atoms with E-state index >= 15 is 0 Å². The van der Waals surface area contributed by atoms with Crippen molar-refractivity contribution in [3.63, 3.8) is 0 Å².